The molecule has 0 atom stereocenters. The third-order valence-corrected chi connectivity index (χ3v) is 3.97. The summed E-state index contributed by atoms with van der Waals surface area (Å²) in [7, 11) is 0. The molecule has 0 spiro atoms. The predicted octanol–water partition coefficient (Wildman–Crippen LogP) is 1.12. The molecule has 21 heavy (non-hydrogen) atoms. The molecular formula is C15H28ClN3O2. The van der Waals surface area contributed by atoms with Gasteiger partial charge in [-0.25, -0.2) is 0 Å². The van der Waals surface area contributed by atoms with Crippen LogP contribution in [0, 0.1) is 11.3 Å². The molecular weight excluding hydrogens is 290 g/mol. The van der Waals surface area contributed by atoms with Crippen LogP contribution in [0.2, 0.25) is 0 Å². The van der Waals surface area contributed by atoms with Crippen molar-refractivity contribution >= 4 is 24.2 Å². The van der Waals surface area contributed by atoms with E-state index in [1.165, 1.54) is 12.8 Å². The van der Waals surface area contributed by atoms with Gasteiger partial charge in [-0.1, -0.05) is 20.8 Å². The lowest BCUT2D eigenvalue weighted by Gasteiger charge is -2.37. The van der Waals surface area contributed by atoms with E-state index in [9.17, 15) is 9.59 Å². The molecule has 0 aromatic rings. The lowest BCUT2D eigenvalue weighted by molar-refractivity contribution is -0.144. The van der Waals surface area contributed by atoms with E-state index in [2.05, 4.69) is 5.32 Å². The van der Waals surface area contributed by atoms with Crippen molar-refractivity contribution in [3.8, 4) is 0 Å². The third-order valence-electron chi connectivity index (χ3n) is 3.97. The van der Waals surface area contributed by atoms with Crippen LogP contribution in [0.25, 0.3) is 0 Å². The number of carbonyl (C=O) groups excluding carboxylic acids is 2. The number of hydrogen-bond donors (Lipinski definition) is 1. The van der Waals surface area contributed by atoms with Gasteiger partial charge in [0.25, 0.3) is 0 Å². The molecule has 0 aromatic carbocycles. The first kappa shape index (κ1) is 18.2. The van der Waals surface area contributed by atoms with Gasteiger partial charge >= 0.3 is 0 Å². The molecule has 2 rings (SSSR count). The Morgan fingerprint density at radius 1 is 1.05 bits per heavy atom. The number of nitrogens with zero attached hydrogens (tertiary/aromatic N) is 2. The average Bonchev–Trinajstić information content (AvgIpc) is 3.21. The maximum absolute atomic E-state index is 12.2. The smallest absolute Gasteiger partial charge is 0.236 e. The first-order chi connectivity index (χ1) is 9.38. The van der Waals surface area contributed by atoms with Crippen LogP contribution < -0.4 is 5.32 Å². The van der Waals surface area contributed by atoms with Gasteiger partial charge < -0.3 is 15.1 Å². The van der Waals surface area contributed by atoms with Crippen LogP contribution in [0.3, 0.4) is 0 Å². The second kappa shape index (κ2) is 7.45. The van der Waals surface area contributed by atoms with Gasteiger partial charge in [0, 0.05) is 31.6 Å². The molecule has 2 amide bonds. The van der Waals surface area contributed by atoms with Gasteiger partial charge in [0.1, 0.15) is 0 Å². The minimum Gasteiger partial charge on any atom is -0.339 e. The van der Waals surface area contributed by atoms with Gasteiger partial charge in [-0.15, -0.1) is 12.4 Å². The van der Waals surface area contributed by atoms with E-state index >= 15 is 0 Å². The molecule has 6 heteroatoms. The molecule has 1 saturated heterocycles. The van der Waals surface area contributed by atoms with Gasteiger partial charge in [-0.2, -0.15) is 0 Å². The molecule has 1 heterocycles. The molecule has 1 aliphatic heterocycles. The highest BCUT2D eigenvalue weighted by Gasteiger charge is 2.30. The van der Waals surface area contributed by atoms with E-state index in [0.717, 1.165) is 12.5 Å². The molecule has 1 saturated carbocycles. The monoisotopic (exact) mass is 317 g/mol. The Morgan fingerprint density at radius 2 is 1.57 bits per heavy atom. The number of piperazine rings is 1. The molecule has 122 valence electrons. The van der Waals surface area contributed by atoms with Crippen molar-refractivity contribution in [2.45, 2.75) is 33.6 Å². The Labute approximate surface area is 133 Å². The van der Waals surface area contributed by atoms with Gasteiger partial charge in [0.05, 0.1) is 6.54 Å². The number of rotatable bonds is 4. The Morgan fingerprint density at radius 3 is 2.05 bits per heavy atom. The van der Waals surface area contributed by atoms with Gasteiger partial charge in [0.2, 0.25) is 11.8 Å². The molecule has 5 nitrogen and oxygen atoms in total. The van der Waals surface area contributed by atoms with Crippen molar-refractivity contribution in [2.24, 2.45) is 11.3 Å². The van der Waals surface area contributed by atoms with Gasteiger partial charge in [-0.3, -0.25) is 9.59 Å². The van der Waals surface area contributed by atoms with E-state index < -0.39 is 0 Å². The molecule has 1 aliphatic carbocycles. The molecule has 2 aliphatic rings. The SMILES string of the molecule is CC(C)(C)C(=O)N1CCN(C(=O)CNCC2CC2)CC1.Cl. The molecule has 0 aromatic heterocycles. The summed E-state index contributed by atoms with van der Waals surface area (Å²) in [5.74, 6) is 1.13. The Balaban J connectivity index is 0.00000220. The highest BCUT2D eigenvalue weighted by molar-refractivity contribution is 5.85. The first-order valence-corrected chi connectivity index (χ1v) is 7.66. The number of hydrogen-bond acceptors (Lipinski definition) is 3. The van der Waals surface area contributed by atoms with E-state index in [1.54, 1.807) is 0 Å². The first-order valence-electron chi connectivity index (χ1n) is 7.66. The molecule has 2 fully saturated rings. The number of carbonyl (C=O) groups is 2. The third kappa shape index (κ3) is 5.47. The minimum atomic E-state index is -0.335. The van der Waals surface area contributed by atoms with Crippen LogP contribution in [0.1, 0.15) is 33.6 Å². The van der Waals surface area contributed by atoms with Crippen molar-refractivity contribution in [1.82, 2.24) is 15.1 Å². The van der Waals surface area contributed by atoms with Crippen LogP contribution in [0.4, 0.5) is 0 Å². The lowest BCUT2D eigenvalue weighted by Crippen LogP contribution is -2.54. The van der Waals surface area contributed by atoms with Crippen molar-refractivity contribution in [2.75, 3.05) is 39.3 Å². The topological polar surface area (TPSA) is 52.7 Å². The van der Waals surface area contributed by atoms with Crippen molar-refractivity contribution < 1.29 is 9.59 Å². The highest BCUT2D eigenvalue weighted by atomic mass is 35.5. The maximum Gasteiger partial charge on any atom is 0.236 e. The molecule has 0 unspecified atom stereocenters. The Hall–Kier alpha value is -0.810. The van der Waals surface area contributed by atoms with Crippen molar-refractivity contribution in [1.29, 1.82) is 0 Å². The summed E-state index contributed by atoms with van der Waals surface area (Å²) in [5, 5.41) is 3.23. The number of amides is 2. The summed E-state index contributed by atoms with van der Waals surface area (Å²) in [6.07, 6.45) is 2.60. The fraction of sp³-hybridized carbons (Fsp3) is 0.867. The Bertz CT molecular complexity index is 370. The Kier molecular flexibility index (Phi) is 6.47. The second-order valence-corrected chi connectivity index (χ2v) is 7.00. The van der Waals surface area contributed by atoms with E-state index in [0.29, 0.717) is 32.7 Å². The normalized spacial score (nSPS) is 19.2. The molecule has 0 bridgehead atoms. The maximum atomic E-state index is 12.2. The van der Waals surface area contributed by atoms with E-state index in [1.807, 2.05) is 30.6 Å². The van der Waals surface area contributed by atoms with Crippen LogP contribution in [0.15, 0.2) is 0 Å². The van der Waals surface area contributed by atoms with Crippen molar-refractivity contribution in [3.63, 3.8) is 0 Å². The summed E-state index contributed by atoms with van der Waals surface area (Å²) in [6.45, 7) is 9.85. The second-order valence-electron chi connectivity index (χ2n) is 7.00. The average molecular weight is 318 g/mol. The molecule has 0 radical (unpaired) electrons. The summed E-state index contributed by atoms with van der Waals surface area (Å²) in [5.41, 5.74) is -0.335. The predicted molar refractivity (Wildman–Crippen MR) is 85.5 cm³/mol. The standard InChI is InChI=1S/C15H27N3O2.ClH/c1-15(2,3)14(20)18-8-6-17(7-9-18)13(19)11-16-10-12-4-5-12;/h12,16H,4-11H2,1-3H3;1H. The van der Waals surface area contributed by atoms with E-state index in [-0.39, 0.29) is 29.6 Å². The van der Waals surface area contributed by atoms with Gasteiger partial charge in [-0.05, 0) is 25.3 Å². The van der Waals surface area contributed by atoms with Gasteiger partial charge in [0.15, 0.2) is 0 Å². The quantitative estimate of drug-likeness (QED) is 0.845. The van der Waals surface area contributed by atoms with Crippen molar-refractivity contribution in [3.05, 3.63) is 0 Å². The number of halogens is 1. The lowest BCUT2D eigenvalue weighted by atomic mass is 9.94. The van der Waals surface area contributed by atoms with Crippen LogP contribution in [0.5, 0.6) is 0 Å². The fourth-order valence-corrected chi connectivity index (χ4v) is 2.45. The zero-order chi connectivity index (χ0) is 14.8. The number of nitrogens with one attached hydrogen (secondary N) is 1. The zero-order valence-electron chi connectivity index (χ0n) is 13.4. The summed E-state index contributed by atoms with van der Waals surface area (Å²) >= 11 is 0. The van der Waals surface area contributed by atoms with E-state index in [4.69, 9.17) is 0 Å². The largest absolute Gasteiger partial charge is 0.339 e. The fourth-order valence-electron chi connectivity index (χ4n) is 2.45. The summed E-state index contributed by atoms with van der Waals surface area (Å²) in [6, 6.07) is 0. The summed E-state index contributed by atoms with van der Waals surface area (Å²) in [4.78, 5) is 27.9. The van der Waals surface area contributed by atoms with Crippen LogP contribution in [-0.4, -0.2) is 60.9 Å². The highest BCUT2D eigenvalue weighted by Crippen LogP contribution is 2.27. The van der Waals surface area contributed by atoms with Crippen LogP contribution >= 0.6 is 12.4 Å². The minimum absolute atomic E-state index is 0. The zero-order valence-corrected chi connectivity index (χ0v) is 14.2. The molecule has 1 N–H and O–H groups in total. The summed E-state index contributed by atoms with van der Waals surface area (Å²) < 4.78 is 0. The van der Waals surface area contributed by atoms with Crippen LogP contribution in [-0.2, 0) is 9.59 Å².